The van der Waals surface area contributed by atoms with Crippen LogP contribution in [-0.4, -0.2) is 32.2 Å². The number of ether oxygens (including phenoxy) is 3. The standard InChI is InChI=1S/C19H15NO5S/c1-23-19(22)17-10-12-8-13(3-5-16(12)26-17)20-18(21)11-2-4-14-15(9-11)25-7-6-24-14/h2-5,8-10H,6-7H2,1H3,(H,20,21). The largest absolute Gasteiger partial charge is 0.486 e. The highest BCUT2D eigenvalue weighted by Gasteiger charge is 2.16. The fourth-order valence-corrected chi connectivity index (χ4v) is 3.67. The van der Waals surface area contributed by atoms with Gasteiger partial charge in [0.1, 0.15) is 18.1 Å². The van der Waals surface area contributed by atoms with Gasteiger partial charge < -0.3 is 19.5 Å². The first-order chi connectivity index (χ1) is 12.6. The lowest BCUT2D eigenvalue weighted by Crippen LogP contribution is -2.17. The van der Waals surface area contributed by atoms with Crippen molar-refractivity contribution in [3.8, 4) is 11.5 Å². The van der Waals surface area contributed by atoms with Crippen LogP contribution < -0.4 is 14.8 Å². The number of hydrogen-bond donors (Lipinski definition) is 1. The summed E-state index contributed by atoms with van der Waals surface area (Å²) in [6.45, 7) is 0.974. The van der Waals surface area contributed by atoms with E-state index in [1.54, 1.807) is 30.3 Å². The molecule has 0 fully saturated rings. The van der Waals surface area contributed by atoms with Gasteiger partial charge in [0.15, 0.2) is 11.5 Å². The van der Waals surface area contributed by atoms with Gasteiger partial charge in [-0.3, -0.25) is 4.79 Å². The number of esters is 1. The molecule has 0 saturated carbocycles. The minimum atomic E-state index is -0.368. The summed E-state index contributed by atoms with van der Waals surface area (Å²) in [7, 11) is 1.35. The summed E-state index contributed by atoms with van der Waals surface area (Å²) in [4.78, 5) is 24.7. The third-order valence-corrected chi connectivity index (χ3v) is 5.06. The lowest BCUT2D eigenvalue weighted by Gasteiger charge is -2.18. The van der Waals surface area contributed by atoms with Crippen molar-refractivity contribution in [2.75, 3.05) is 25.6 Å². The van der Waals surface area contributed by atoms with E-state index >= 15 is 0 Å². The molecule has 7 heteroatoms. The van der Waals surface area contributed by atoms with E-state index in [0.29, 0.717) is 40.8 Å². The molecule has 0 radical (unpaired) electrons. The molecule has 1 aliphatic rings. The summed E-state index contributed by atoms with van der Waals surface area (Å²) >= 11 is 1.35. The second-order valence-electron chi connectivity index (χ2n) is 5.67. The molecule has 0 spiro atoms. The molecule has 0 saturated heterocycles. The number of nitrogens with one attached hydrogen (secondary N) is 1. The maximum absolute atomic E-state index is 12.5. The first-order valence-electron chi connectivity index (χ1n) is 7.97. The smallest absolute Gasteiger partial charge is 0.348 e. The molecular formula is C19H15NO5S. The second kappa shape index (κ2) is 6.68. The molecule has 0 unspecified atom stereocenters. The Morgan fingerprint density at radius 3 is 2.65 bits per heavy atom. The number of methoxy groups -OCH3 is 1. The Balaban J connectivity index is 1.56. The van der Waals surface area contributed by atoms with Gasteiger partial charge in [0, 0.05) is 16.0 Å². The van der Waals surface area contributed by atoms with Crippen LogP contribution in [0.25, 0.3) is 10.1 Å². The molecule has 0 aliphatic carbocycles. The van der Waals surface area contributed by atoms with Crippen molar-refractivity contribution in [2.24, 2.45) is 0 Å². The van der Waals surface area contributed by atoms with E-state index in [2.05, 4.69) is 5.32 Å². The molecule has 1 amide bonds. The second-order valence-corrected chi connectivity index (χ2v) is 6.75. The van der Waals surface area contributed by atoms with Crippen LogP contribution in [0.2, 0.25) is 0 Å². The van der Waals surface area contributed by atoms with Gasteiger partial charge in [-0.2, -0.15) is 0 Å². The fourth-order valence-electron chi connectivity index (χ4n) is 2.71. The molecule has 1 aromatic heterocycles. The first kappa shape index (κ1) is 16.4. The molecule has 132 valence electrons. The third-order valence-electron chi connectivity index (χ3n) is 3.97. The predicted molar refractivity (Wildman–Crippen MR) is 98.5 cm³/mol. The molecule has 3 aromatic rings. The van der Waals surface area contributed by atoms with E-state index in [0.717, 1.165) is 10.1 Å². The van der Waals surface area contributed by atoms with Crippen molar-refractivity contribution in [3.05, 3.63) is 52.9 Å². The monoisotopic (exact) mass is 369 g/mol. The van der Waals surface area contributed by atoms with Crippen molar-refractivity contribution >= 4 is 39.0 Å². The van der Waals surface area contributed by atoms with Crippen LogP contribution in [-0.2, 0) is 4.74 Å². The molecule has 1 aliphatic heterocycles. The zero-order valence-corrected chi connectivity index (χ0v) is 14.7. The average Bonchev–Trinajstić information content (AvgIpc) is 3.10. The number of carbonyl (C=O) groups is 2. The summed E-state index contributed by atoms with van der Waals surface area (Å²) < 4.78 is 16.7. The molecule has 2 aromatic carbocycles. The van der Waals surface area contributed by atoms with Gasteiger partial charge >= 0.3 is 5.97 Å². The van der Waals surface area contributed by atoms with Gasteiger partial charge in [-0.25, -0.2) is 4.79 Å². The quantitative estimate of drug-likeness (QED) is 0.713. The maximum atomic E-state index is 12.5. The Kier molecular flexibility index (Phi) is 4.22. The Bertz CT molecular complexity index is 1010. The van der Waals surface area contributed by atoms with E-state index < -0.39 is 0 Å². The molecule has 26 heavy (non-hydrogen) atoms. The van der Waals surface area contributed by atoms with Gasteiger partial charge in [0.2, 0.25) is 0 Å². The van der Waals surface area contributed by atoms with Crippen molar-refractivity contribution < 1.29 is 23.8 Å². The van der Waals surface area contributed by atoms with Crippen LogP contribution in [0.4, 0.5) is 5.69 Å². The molecule has 6 nitrogen and oxygen atoms in total. The van der Waals surface area contributed by atoms with Crippen LogP contribution >= 0.6 is 11.3 Å². The van der Waals surface area contributed by atoms with E-state index in [9.17, 15) is 9.59 Å². The Morgan fingerprint density at radius 2 is 1.85 bits per heavy atom. The number of hydrogen-bond acceptors (Lipinski definition) is 6. The molecule has 4 rings (SSSR count). The van der Waals surface area contributed by atoms with Crippen molar-refractivity contribution in [1.29, 1.82) is 0 Å². The highest BCUT2D eigenvalue weighted by atomic mass is 32.1. The van der Waals surface area contributed by atoms with Crippen LogP contribution in [0.1, 0.15) is 20.0 Å². The summed E-state index contributed by atoms with van der Waals surface area (Å²) in [5, 5.41) is 3.73. The van der Waals surface area contributed by atoms with Gasteiger partial charge in [-0.05, 0) is 47.9 Å². The number of fused-ring (bicyclic) bond motifs is 2. The minimum absolute atomic E-state index is 0.246. The normalized spacial score (nSPS) is 12.7. The third kappa shape index (κ3) is 3.09. The SMILES string of the molecule is COC(=O)c1cc2cc(NC(=O)c3ccc4c(c3)OCCO4)ccc2s1. The average molecular weight is 369 g/mol. The topological polar surface area (TPSA) is 73.9 Å². The Labute approximate surface area is 153 Å². The summed E-state index contributed by atoms with van der Waals surface area (Å²) in [5.74, 6) is 0.598. The number of anilines is 1. The lowest BCUT2D eigenvalue weighted by molar-refractivity contribution is 0.0606. The Morgan fingerprint density at radius 1 is 1.04 bits per heavy atom. The van der Waals surface area contributed by atoms with Crippen LogP contribution in [0, 0.1) is 0 Å². The van der Waals surface area contributed by atoms with Crippen molar-refractivity contribution in [3.63, 3.8) is 0 Å². The van der Waals surface area contributed by atoms with Crippen molar-refractivity contribution in [1.82, 2.24) is 0 Å². The van der Waals surface area contributed by atoms with Crippen molar-refractivity contribution in [2.45, 2.75) is 0 Å². The zero-order chi connectivity index (χ0) is 18.1. The first-order valence-corrected chi connectivity index (χ1v) is 8.78. The van der Waals surface area contributed by atoms with Gasteiger partial charge in [-0.15, -0.1) is 11.3 Å². The van der Waals surface area contributed by atoms with Gasteiger partial charge in [0.25, 0.3) is 5.91 Å². The molecule has 0 atom stereocenters. The number of thiophene rings is 1. The summed E-state index contributed by atoms with van der Waals surface area (Å²) in [6, 6.07) is 12.3. The minimum Gasteiger partial charge on any atom is -0.486 e. The van der Waals surface area contributed by atoms with Gasteiger partial charge in [0.05, 0.1) is 7.11 Å². The number of amides is 1. The van der Waals surface area contributed by atoms with Gasteiger partial charge in [-0.1, -0.05) is 0 Å². The summed E-state index contributed by atoms with van der Waals surface area (Å²) in [5.41, 5.74) is 1.13. The Hall–Kier alpha value is -3.06. The van der Waals surface area contributed by atoms with Crippen LogP contribution in [0.3, 0.4) is 0 Å². The lowest BCUT2D eigenvalue weighted by atomic mass is 10.1. The van der Waals surface area contributed by atoms with Crippen LogP contribution in [0.5, 0.6) is 11.5 Å². The number of benzene rings is 2. The maximum Gasteiger partial charge on any atom is 0.348 e. The van der Waals surface area contributed by atoms with E-state index in [1.807, 2.05) is 12.1 Å². The van der Waals surface area contributed by atoms with E-state index in [4.69, 9.17) is 14.2 Å². The van der Waals surface area contributed by atoms with Crippen LogP contribution in [0.15, 0.2) is 42.5 Å². The highest BCUT2D eigenvalue weighted by Crippen LogP contribution is 2.32. The number of carbonyl (C=O) groups excluding carboxylic acids is 2. The highest BCUT2D eigenvalue weighted by molar-refractivity contribution is 7.20. The van der Waals surface area contributed by atoms with E-state index in [1.165, 1.54) is 18.4 Å². The molecule has 2 heterocycles. The molecular weight excluding hydrogens is 354 g/mol. The molecule has 1 N–H and O–H groups in total. The summed E-state index contributed by atoms with van der Waals surface area (Å²) in [6.07, 6.45) is 0. The number of rotatable bonds is 3. The fraction of sp³-hybridized carbons (Fsp3) is 0.158. The predicted octanol–water partition coefficient (Wildman–Crippen LogP) is 3.71. The zero-order valence-electron chi connectivity index (χ0n) is 13.9. The van der Waals surface area contributed by atoms with E-state index in [-0.39, 0.29) is 11.9 Å². The molecule has 0 bridgehead atoms.